The third kappa shape index (κ3) is 36.3. The molecule has 3 N–H and O–H groups in total. The Morgan fingerprint density at radius 3 is 1.51 bits per heavy atom. The van der Waals surface area contributed by atoms with E-state index >= 15 is 0 Å². The molecule has 0 aliphatic heterocycles. The Labute approximate surface area is 300 Å². The van der Waals surface area contributed by atoms with E-state index in [4.69, 9.17) is 24.3 Å². The lowest BCUT2D eigenvalue weighted by molar-refractivity contribution is -0.161. The number of carbonyl (C=O) groups is 2. The first-order chi connectivity index (χ1) is 23.8. The summed E-state index contributed by atoms with van der Waals surface area (Å²) < 4.78 is 32.7. The van der Waals surface area contributed by atoms with Crippen LogP contribution in [0.1, 0.15) is 194 Å². The minimum Gasteiger partial charge on any atom is -0.462 e. The summed E-state index contributed by atoms with van der Waals surface area (Å²) in [6.45, 7) is 3.70. The number of phosphoric ester groups is 1. The Kier molecular flexibility index (Phi) is 35.6. The number of unbranched alkanes of at least 4 members (excludes halogenated alkanes) is 23. The van der Waals surface area contributed by atoms with E-state index in [2.05, 4.69) is 26.0 Å². The Morgan fingerprint density at radius 2 is 1.02 bits per heavy atom. The van der Waals surface area contributed by atoms with Gasteiger partial charge in [-0.1, -0.05) is 161 Å². The van der Waals surface area contributed by atoms with Gasteiger partial charge in [0.2, 0.25) is 0 Å². The molecule has 0 aliphatic carbocycles. The summed E-state index contributed by atoms with van der Waals surface area (Å²) >= 11 is 0. The number of hydrogen-bond acceptors (Lipinski definition) is 8. The van der Waals surface area contributed by atoms with Crippen LogP contribution in [-0.2, 0) is 32.7 Å². The highest BCUT2D eigenvalue weighted by Crippen LogP contribution is 2.43. The van der Waals surface area contributed by atoms with Crippen molar-refractivity contribution in [1.29, 1.82) is 0 Å². The van der Waals surface area contributed by atoms with Crippen molar-refractivity contribution in [3.63, 3.8) is 0 Å². The number of phosphoric acid groups is 1. The predicted octanol–water partition coefficient (Wildman–Crippen LogP) is 11.1. The summed E-state index contributed by atoms with van der Waals surface area (Å²) in [4.78, 5) is 34.7. The molecule has 0 fully saturated rings. The number of ether oxygens (including phenoxy) is 2. The molecule has 49 heavy (non-hydrogen) atoms. The molecule has 0 rings (SSSR count). The molecule has 0 saturated heterocycles. The van der Waals surface area contributed by atoms with Crippen LogP contribution in [0.15, 0.2) is 12.2 Å². The first kappa shape index (κ1) is 47.8. The molecule has 0 aromatic rings. The maximum Gasteiger partial charge on any atom is 0.472 e. The molecule has 2 atom stereocenters. The SMILES string of the molecule is CCCC/C=C/CCCCCCCC(=O)OC[C@H](COP(=O)(O)OCCN)OC(=O)CCCCCCCCCCCCCCCCCCC. The zero-order valence-corrected chi connectivity index (χ0v) is 32.6. The van der Waals surface area contributed by atoms with E-state index in [1.165, 1.54) is 103 Å². The van der Waals surface area contributed by atoms with Crippen molar-refractivity contribution >= 4 is 19.8 Å². The highest BCUT2D eigenvalue weighted by atomic mass is 31.2. The van der Waals surface area contributed by atoms with Crippen molar-refractivity contribution in [2.75, 3.05) is 26.4 Å². The van der Waals surface area contributed by atoms with Crippen LogP contribution in [0.3, 0.4) is 0 Å². The van der Waals surface area contributed by atoms with Crippen LogP contribution in [0.2, 0.25) is 0 Å². The maximum absolute atomic E-state index is 12.5. The second-order valence-electron chi connectivity index (χ2n) is 13.5. The number of allylic oxidation sites excluding steroid dienone is 2. The van der Waals surface area contributed by atoms with E-state index in [1.54, 1.807) is 0 Å². The average molecular weight is 718 g/mol. The molecule has 0 spiro atoms. The van der Waals surface area contributed by atoms with Crippen molar-refractivity contribution in [2.24, 2.45) is 5.73 Å². The lowest BCUT2D eigenvalue weighted by Gasteiger charge is -2.19. The lowest BCUT2D eigenvalue weighted by atomic mass is 10.0. The van der Waals surface area contributed by atoms with E-state index in [1.807, 2.05) is 0 Å². The third-order valence-corrected chi connectivity index (χ3v) is 9.64. The fraction of sp³-hybridized carbons (Fsp3) is 0.897. The van der Waals surface area contributed by atoms with Gasteiger partial charge in [-0.2, -0.15) is 0 Å². The van der Waals surface area contributed by atoms with Crippen LogP contribution in [0.4, 0.5) is 0 Å². The van der Waals surface area contributed by atoms with Crippen LogP contribution >= 0.6 is 7.82 Å². The summed E-state index contributed by atoms with van der Waals surface area (Å²) in [6.07, 6.45) is 35.3. The molecule has 0 aromatic carbocycles. The maximum atomic E-state index is 12.5. The summed E-state index contributed by atoms with van der Waals surface area (Å²) in [5.41, 5.74) is 5.33. The summed E-state index contributed by atoms with van der Waals surface area (Å²) in [7, 11) is -4.37. The Balaban J connectivity index is 4.14. The molecule has 0 aliphatic rings. The topological polar surface area (TPSA) is 134 Å². The highest BCUT2D eigenvalue weighted by molar-refractivity contribution is 7.47. The number of hydrogen-bond donors (Lipinski definition) is 2. The Morgan fingerprint density at radius 1 is 0.592 bits per heavy atom. The molecule has 1 unspecified atom stereocenters. The largest absolute Gasteiger partial charge is 0.472 e. The van der Waals surface area contributed by atoms with E-state index in [9.17, 15) is 19.0 Å². The minimum atomic E-state index is -4.37. The van der Waals surface area contributed by atoms with Crippen LogP contribution in [0, 0.1) is 0 Å². The van der Waals surface area contributed by atoms with Crippen molar-refractivity contribution in [2.45, 2.75) is 200 Å². The first-order valence-electron chi connectivity index (χ1n) is 20.2. The zero-order chi connectivity index (χ0) is 36.1. The number of rotatable bonds is 38. The van der Waals surface area contributed by atoms with E-state index in [0.29, 0.717) is 6.42 Å². The van der Waals surface area contributed by atoms with Gasteiger partial charge in [0.25, 0.3) is 0 Å². The zero-order valence-electron chi connectivity index (χ0n) is 31.7. The normalized spacial score (nSPS) is 13.5. The summed E-state index contributed by atoms with van der Waals surface area (Å²) in [5, 5.41) is 0. The summed E-state index contributed by atoms with van der Waals surface area (Å²) in [6, 6.07) is 0. The molecule has 0 amide bonds. The quantitative estimate of drug-likeness (QED) is 0.0277. The second-order valence-corrected chi connectivity index (χ2v) is 15.0. The molecule has 9 nitrogen and oxygen atoms in total. The molecule has 290 valence electrons. The molecule has 0 heterocycles. The van der Waals surface area contributed by atoms with Gasteiger partial charge in [-0.3, -0.25) is 18.6 Å². The van der Waals surface area contributed by atoms with Gasteiger partial charge in [0.05, 0.1) is 13.2 Å². The van der Waals surface area contributed by atoms with Gasteiger partial charge in [0.15, 0.2) is 6.10 Å². The smallest absolute Gasteiger partial charge is 0.462 e. The van der Waals surface area contributed by atoms with Gasteiger partial charge in [-0.25, -0.2) is 4.57 Å². The molecular formula is C39H76NO8P. The third-order valence-electron chi connectivity index (χ3n) is 8.65. The van der Waals surface area contributed by atoms with E-state index < -0.39 is 26.5 Å². The van der Waals surface area contributed by atoms with Gasteiger partial charge in [0.1, 0.15) is 6.61 Å². The standard InChI is InChI=1S/C39H76NO8P/c1-3-5-7-9-11-13-15-16-17-18-19-20-22-24-26-28-30-32-39(42)48-37(36-47-49(43,44)46-34-33-40)35-45-38(41)31-29-27-25-23-21-14-12-10-8-6-4-2/h10,12,37H,3-9,11,13-36,40H2,1-2H3,(H,43,44)/b12-10+/t37-/m1/s1. The molecule has 0 saturated carbocycles. The van der Waals surface area contributed by atoms with Crippen molar-refractivity contribution < 1.29 is 37.6 Å². The molecule has 0 radical (unpaired) electrons. The van der Waals surface area contributed by atoms with Gasteiger partial charge in [-0.15, -0.1) is 0 Å². The highest BCUT2D eigenvalue weighted by Gasteiger charge is 2.26. The molecule has 0 aromatic heterocycles. The molecule has 0 bridgehead atoms. The number of carbonyl (C=O) groups excluding carboxylic acids is 2. The summed E-state index contributed by atoms with van der Waals surface area (Å²) in [5.74, 6) is -0.832. The van der Waals surface area contributed by atoms with Gasteiger partial charge >= 0.3 is 19.8 Å². The van der Waals surface area contributed by atoms with Crippen LogP contribution < -0.4 is 5.73 Å². The average Bonchev–Trinajstić information content (AvgIpc) is 3.08. The van der Waals surface area contributed by atoms with Crippen LogP contribution in [0.25, 0.3) is 0 Å². The van der Waals surface area contributed by atoms with Gasteiger partial charge in [-0.05, 0) is 32.1 Å². The Hall–Kier alpha value is -1.25. The predicted molar refractivity (Wildman–Crippen MR) is 201 cm³/mol. The van der Waals surface area contributed by atoms with Crippen molar-refractivity contribution in [3.05, 3.63) is 12.2 Å². The first-order valence-corrected chi connectivity index (χ1v) is 21.7. The van der Waals surface area contributed by atoms with Crippen molar-refractivity contribution in [3.8, 4) is 0 Å². The van der Waals surface area contributed by atoms with Gasteiger partial charge < -0.3 is 20.1 Å². The second kappa shape index (κ2) is 36.5. The number of esters is 2. The lowest BCUT2D eigenvalue weighted by Crippen LogP contribution is -2.29. The van der Waals surface area contributed by atoms with Crippen molar-refractivity contribution in [1.82, 2.24) is 0 Å². The van der Waals surface area contributed by atoms with Crippen LogP contribution in [-0.4, -0.2) is 49.3 Å². The Bertz CT molecular complexity index is 825. The monoisotopic (exact) mass is 718 g/mol. The fourth-order valence-electron chi connectivity index (χ4n) is 5.62. The minimum absolute atomic E-state index is 0.0550. The van der Waals surface area contributed by atoms with E-state index in [-0.39, 0.29) is 38.6 Å². The van der Waals surface area contributed by atoms with E-state index in [0.717, 1.165) is 57.8 Å². The number of nitrogens with two attached hydrogens (primary N) is 1. The van der Waals surface area contributed by atoms with Gasteiger partial charge in [0, 0.05) is 19.4 Å². The molecule has 10 heteroatoms. The fourth-order valence-corrected chi connectivity index (χ4v) is 6.38. The molecular weight excluding hydrogens is 641 g/mol. The van der Waals surface area contributed by atoms with Crippen LogP contribution in [0.5, 0.6) is 0 Å².